The third-order valence-electron chi connectivity index (χ3n) is 3.93. The molecule has 0 saturated carbocycles. The topological polar surface area (TPSA) is 42.2 Å². The van der Waals surface area contributed by atoms with Crippen molar-refractivity contribution in [2.75, 3.05) is 11.4 Å². The highest BCUT2D eigenvalue weighted by Crippen LogP contribution is 2.28. The molecule has 0 spiro atoms. The molecular formula is C16H27N3. The van der Waals surface area contributed by atoms with Gasteiger partial charge in [0.15, 0.2) is 0 Å². The summed E-state index contributed by atoms with van der Waals surface area (Å²) < 4.78 is 0. The maximum Gasteiger partial charge on any atom is 0.132 e. The Kier molecular flexibility index (Phi) is 5.20. The van der Waals surface area contributed by atoms with Crippen LogP contribution in [0.3, 0.4) is 0 Å². The molecule has 1 aromatic heterocycles. The van der Waals surface area contributed by atoms with Crippen LogP contribution in [0.25, 0.3) is 0 Å². The molecule has 2 atom stereocenters. The molecule has 0 bridgehead atoms. The molecule has 0 amide bonds. The first kappa shape index (κ1) is 14.3. The normalized spacial score (nSPS) is 21.4. The highest BCUT2D eigenvalue weighted by Gasteiger charge is 2.24. The number of nitrogens with two attached hydrogens (primary N) is 1. The summed E-state index contributed by atoms with van der Waals surface area (Å²) in [6, 6.07) is 5.07. The second-order valence-corrected chi connectivity index (χ2v) is 5.80. The third-order valence-corrected chi connectivity index (χ3v) is 3.93. The van der Waals surface area contributed by atoms with Crippen molar-refractivity contribution in [3.63, 3.8) is 0 Å². The second kappa shape index (κ2) is 6.90. The first-order valence-corrected chi connectivity index (χ1v) is 7.68. The standard InChI is InChI=1S/C16H27N3/c1-3-7-15-9-4-5-11-19(15)16-14(12-13(2)17)8-6-10-18-16/h6,8,10,13,15H,3-5,7,9,11-12,17H2,1-2H3. The van der Waals surface area contributed by atoms with Gasteiger partial charge in [0.1, 0.15) is 5.82 Å². The molecule has 19 heavy (non-hydrogen) atoms. The zero-order chi connectivity index (χ0) is 13.7. The fourth-order valence-electron chi connectivity index (χ4n) is 3.11. The highest BCUT2D eigenvalue weighted by molar-refractivity contribution is 5.48. The summed E-state index contributed by atoms with van der Waals surface area (Å²) in [5, 5.41) is 0. The Hall–Kier alpha value is -1.09. The van der Waals surface area contributed by atoms with Crippen molar-refractivity contribution in [3.8, 4) is 0 Å². The van der Waals surface area contributed by atoms with Crippen LogP contribution in [-0.2, 0) is 6.42 Å². The monoisotopic (exact) mass is 261 g/mol. The van der Waals surface area contributed by atoms with E-state index >= 15 is 0 Å². The molecule has 3 heteroatoms. The summed E-state index contributed by atoms with van der Waals surface area (Å²) in [6.07, 6.45) is 9.30. The minimum Gasteiger partial charge on any atom is -0.353 e. The Morgan fingerprint density at radius 2 is 2.32 bits per heavy atom. The van der Waals surface area contributed by atoms with Gasteiger partial charge in [-0.15, -0.1) is 0 Å². The average Bonchev–Trinajstić information content (AvgIpc) is 2.40. The van der Waals surface area contributed by atoms with Crippen LogP contribution < -0.4 is 10.6 Å². The lowest BCUT2D eigenvalue weighted by atomic mass is 9.97. The van der Waals surface area contributed by atoms with Crippen LogP contribution in [0.5, 0.6) is 0 Å². The average molecular weight is 261 g/mol. The molecule has 1 saturated heterocycles. The van der Waals surface area contributed by atoms with Gasteiger partial charge in [-0.05, 0) is 50.7 Å². The summed E-state index contributed by atoms with van der Waals surface area (Å²) in [7, 11) is 0. The summed E-state index contributed by atoms with van der Waals surface area (Å²) in [4.78, 5) is 7.19. The van der Waals surface area contributed by atoms with Crippen LogP contribution in [0, 0.1) is 0 Å². The molecule has 0 aliphatic carbocycles. The minimum absolute atomic E-state index is 0.192. The van der Waals surface area contributed by atoms with E-state index < -0.39 is 0 Å². The van der Waals surface area contributed by atoms with Crippen molar-refractivity contribution < 1.29 is 0 Å². The van der Waals surface area contributed by atoms with Gasteiger partial charge in [0, 0.05) is 24.8 Å². The molecule has 1 aromatic rings. The molecule has 1 aliphatic rings. The van der Waals surface area contributed by atoms with Crippen LogP contribution in [0.4, 0.5) is 5.82 Å². The maximum absolute atomic E-state index is 5.97. The summed E-state index contributed by atoms with van der Waals surface area (Å²) in [5.74, 6) is 1.18. The van der Waals surface area contributed by atoms with Gasteiger partial charge in [-0.1, -0.05) is 19.4 Å². The van der Waals surface area contributed by atoms with E-state index in [4.69, 9.17) is 5.73 Å². The van der Waals surface area contributed by atoms with Crippen LogP contribution in [0.2, 0.25) is 0 Å². The number of pyridine rings is 1. The van der Waals surface area contributed by atoms with Crippen LogP contribution in [0.1, 0.15) is 51.5 Å². The van der Waals surface area contributed by atoms with Crippen LogP contribution >= 0.6 is 0 Å². The molecule has 1 aliphatic heterocycles. The molecule has 106 valence electrons. The van der Waals surface area contributed by atoms with E-state index in [1.165, 1.54) is 43.5 Å². The fraction of sp³-hybridized carbons (Fsp3) is 0.688. The number of piperidine rings is 1. The summed E-state index contributed by atoms with van der Waals surface area (Å²) in [6.45, 7) is 5.48. The van der Waals surface area contributed by atoms with E-state index in [9.17, 15) is 0 Å². The molecule has 0 aromatic carbocycles. The predicted molar refractivity (Wildman–Crippen MR) is 81.5 cm³/mol. The van der Waals surface area contributed by atoms with Crippen molar-refractivity contribution in [3.05, 3.63) is 23.9 Å². The zero-order valence-electron chi connectivity index (χ0n) is 12.3. The van der Waals surface area contributed by atoms with Gasteiger partial charge >= 0.3 is 0 Å². The summed E-state index contributed by atoms with van der Waals surface area (Å²) in [5.41, 5.74) is 7.28. The Morgan fingerprint density at radius 1 is 1.47 bits per heavy atom. The Balaban J connectivity index is 2.22. The fourth-order valence-corrected chi connectivity index (χ4v) is 3.11. The number of anilines is 1. The lowest BCUT2D eigenvalue weighted by molar-refractivity contribution is 0.430. The van der Waals surface area contributed by atoms with Gasteiger partial charge in [0.2, 0.25) is 0 Å². The van der Waals surface area contributed by atoms with Gasteiger partial charge in [-0.2, -0.15) is 0 Å². The number of nitrogens with zero attached hydrogens (tertiary/aromatic N) is 2. The first-order chi connectivity index (χ1) is 9.22. The van der Waals surface area contributed by atoms with E-state index in [2.05, 4.69) is 29.8 Å². The van der Waals surface area contributed by atoms with Crippen molar-refractivity contribution in [1.29, 1.82) is 0 Å². The van der Waals surface area contributed by atoms with Gasteiger partial charge in [0.25, 0.3) is 0 Å². The van der Waals surface area contributed by atoms with E-state index in [-0.39, 0.29) is 6.04 Å². The van der Waals surface area contributed by atoms with Crippen molar-refractivity contribution >= 4 is 5.82 Å². The number of aromatic nitrogens is 1. The largest absolute Gasteiger partial charge is 0.353 e. The highest BCUT2D eigenvalue weighted by atomic mass is 15.2. The molecule has 2 rings (SSSR count). The Labute approximate surface area is 117 Å². The molecule has 2 N–H and O–H groups in total. The minimum atomic E-state index is 0.192. The second-order valence-electron chi connectivity index (χ2n) is 5.80. The maximum atomic E-state index is 5.97. The quantitative estimate of drug-likeness (QED) is 0.885. The van der Waals surface area contributed by atoms with E-state index in [1.807, 2.05) is 12.3 Å². The van der Waals surface area contributed by atoms with Gasteiger partial charge in [0.05, 0.1) is 0 Å². The lowest BCUT2D eigenvalue weighted by Gasteiger charge is -2.38. The Morgan fingerprint density at radius 3 is 3.05 bits per heavy atom. The lowest BCUT2D eigenvalue weighted by Crippen LogP contribution is -2.40. The van der Waals surface area contributed by atoms with Crippen LogP contribution in [0.15, 0.2) is 18.3 Å². The first-order valence-electron chi connectivity index (χ1n) is 7.68. The molecule has 2 heterocycles. The van der Waals surface area contributed by atoms with Crippen molar-refractivity contribution in [2.24, 2.45) is 5.73 Å². The van der Waals surface area contributed by atoms with Gasteiger partial charge in [-0.3, -0.25) is 0 Å². The molecule has 1 fully saturated rings. The van der Waals surface area contributed by atoms with Crippen molar-refractivity contribution in [1.82, 2.24) is 4.98 Å². The van der Waals surface area contributed by atoms with Crippen LogP contribution in [-0.4, -0.2) is 23.6 Å². The number of hydrogen-bond acceptors (Lipinski definition) is 3. The number of rotatable bonds is 5. The molecular weight excluding hydrogens is 234 g/mol. The molecule has 0 radical (unpaired) electrons. The van der Waals surface area contributed by atoms with E-state index in [1.54, 1.807) is 0 Å². The van der Waals surface area contributed by atoms with Crippen molar-refractivity contribution in [2.45, 2.75) is 64.5 Å². The van der Waals surface area contributed by atoms with E-state index in [0.717, 1.165) is 13.0 Å². The Bertz CT molecular complexity index is 387. The smallest absolute Gasteiger partial charge is 0.132 e. The molecule has 2 unspecified atom stereocenters. The number of hydrogen-bond donors (Lipinski definition) is 1. The third kappa shape index (κ3) is 3.69. The summed E-state index contributed by atoms with van der Waals surface area (Å²) >= 11 is 0. The van der Waals surface area contributed by atoms with E-state index in [0.29, 0.717) is 6.04 Å². The SMILES string of the molecule is CCCC1CCCCN1c1ncccc1CC(C)N. The zero-order valence-corrected chi connectivity index (χ0v) is 12.3. The molecule has 3 nitrogen and oxygen atoms in total. The van der Waals surface area contributed by atoms with Gasteiger partial charge in [-0.25, -0.2) is 4.98 Å². The predicted octanol–water partition coefficient (Wildman–Crippen LogP) is 3.13. The van der Waals surface area contributed by atoms with Gasteiger partial charge < -0.3 is 10.6 Å².